The van der Waals surface area contributed by atoms with Crippen LogP contribution in [0.25, 0.3) is 33.5 Å². The van der Waals surface area contributed by atoms with Crippen molar-refractivity contribution >= 4 is 74.0 Å². The molecule has 0 radical (unpaired) electrons. The van der Waals surface area contributed by atoms with Crippen LogP contribution in [0.15, 0.2) is 38.0 Å². The Labute approximate surface area is 384 Å². The highest BCUT2D eigenvalue weighted by Gasteiger charge is 2.51. The summed E-state index contributed by atoms with van der Waals surface area (Å²) in [7, 11) is -14.8. The van der Waals surface area contributed by atoms with Crippen molar-refractivity contribution in [3.8, 4) is 0 Å². The maximum absolute atomic E-state index is 13.5. The van der Waals surface area contributed by atoms with Crippen molar-refractivity contribution < 1.29 is 91.0 Å². The van der Waals surface area contributed by atoms with E-state index >= 15 is 0 Å². The molecule has 6 aromatic heterocycles. The number of aliphatic hydroxyl groups excluding tert-OH is 4. The van der Waals surface area contributed by atoms with Crippen LogP contribution in [0.4, 0.5) is 17.5 Å². The number of nitrogens with zero attached hydrogens (tertiary/aromatic N) is 12. The standard InChI is InChI=1S/C32H42N15O19P3/c33-24-15-27(39-4-36-24)45(7-42-15)30-21(51)18(48)12(64-30)1-61-67(52,53)10-59-22-19(49)13(65-31(22)46-8-43-16-25(34)37-5-40-28(16)46)2-62-68(54,55)11-60-23-20(50)14(3-63-69(56,57)58)66-32(23)47-9-44-17-26(35)38-6-41-29(17)47/h4-9,12-14,18-23,30-32,48-51H,1-3,10-11H2,(H,52,53)(H,54,55)(H2,33,36,39)(H2,34,37,40)(H2,35,38,41)(H2,56,57,58)/t12-,13-,14-,18-,19-,20-,21-,22+,23+,30-,31-,32-/m1/s1. The monoisotopic (exact) mass is 1030 g/mol. The quantitative estimate of drug-likeness (QED) is 0.0374. The summed E-state index contributed by atoms with van der Waals surface area (Å²) in [6, 6.07) is 0. The SMILES string of the molecule is Nc1ncnc2c1ncn2[C@@H]1O[C@H](COP(=O)(O)CO[C@H]2[C@H](O)[C@@H](COP(=O)(O)CO[C@H]3[C@H](O)[C@@H](COP(=O)(O)O)O[C@H]3n3cnc4c(N)ncnc43)O[C@H]2n2cnc3c(N)ncnc32)[C@@H](O)[C@H]1O. The summed E-state index contributed by atoms with van der Waals surface area (Å²) in [6.07, 6.45) is -13.6. The van der Waals surface area contributed by atoms with Gasteiger partial charge in [0, 0.05) is 0 Å². The van der Waals surface area contributed by atoms with Gasteiger partial charge < -0.3 is 89.9 Å². The molecule has 69 heavy (non-hydrogen) atoms. The normalized spacial score (nSPS) is 30.4. The maximum atomic E-state index is 13.5. The molecule has 374 valence electrons. The van der Waals surface area contributed by atoms with Gasteiger partial charge in [0.15, 0.2) is 53.1 Å². The Morgan fingerprint density at radius 3 is 1.23 bits per heavy atom. The molecule has 0 saturated carbocycles. The zero-order valence-corrected chi connectivity index (χ0v) is 37.6. The maximum Gasteiger partial charge on any atom is 0.469 e. The highest BCUT2D eigenvalue weighted by Crippen LogP contribution is 2.48. The van der Waals surface area contributed by atoms with Crippen LogP contribution in [0.5, 0.6) is 0 Å². The average molecular weight is 1030 g/mol. The number of fused-ring (bicyclic) bond motifs is 3. The number of aliphatic hydroxyl groups is 4. The molecule has 6 aromatic rings. The molecule has 3 aliphatic heterocycles. The predicted octanol–water partition coefficient (Wildman–Crippen LogP) is -3.41. The molecule has 9 heterocycles. The predicted molar refractivity (Wildman–Crippen MR) is 224 cm³/mol. The van der Waals surface area contributed by atoms with Gasteiger partial charge in [-0.15, -0.1) is 0 Å². The van der Waals surface area contributed by atoms with Crippen LogP contribution in [0.1, 0.15) is 18.7 Å². The van der Waals surface area contributed by atoms with Gasteiger partial charge in [-0.1, -0.05) is 0 Å². The van der Waals surface area contributed by atoms with Crippen molar-refractivity contribution in [2.24, 2.45) is 0 Å². The molecule has 0 bridgehead atoms. The van der Waals surface area contributed by atoms with E-state index in [1.807, 2.05) is 0 Å². The van der Waals surface area contributed by atoms with Gasteiger partial charge in [0.2, 0.25) is 0 Å². The van der Waals surface area contributed by atoms with E-state index in [-0.39, 0.29) is 50.9 Å². The second kappa shape index (κ2) is 19.0. The first kappa shape index (κ1) is 49.1. The Hall–Kier alpha value is -4.90. The average Bonchev–Trinajstić information content (AvgIpc) is 4.16. The second-order valence-electron chi connectivity index (χ2n) is 15.6. The molecule has 3 saturated heterocycles. The third-order valence-electron chi connectivity index (χ3n) is 11.1. The highest BCUT2D eigenvalue weighted by molar-refractivity contribution is 7.52. The highest BCUT2D eigenvalue weighted by atomic mass is 31.2. The number of aromatic nitrogens is 12. The molecule has 34 nitrogen and oxygen atoms in total. The van der Waals surface area contributed by atoms with Gasteiger partial charge in [0.25, 0.3) is 0 Å². The van der Waals surface area contributed by atoms with Gasteiger partial charge in [-0.2, -0.15) is 0 Å². The van der Waals surface area contributed by atoms with Crippen molar-refractivity contribution in [1.82, 2.24) is 58.6 Å². The summed E-state index contributed by atoms with van der Waals surface area (Å²) in [4.78, 5) is 76.7. The van der Waals surface area contributed by atoms with E-state index in [0.717, 1.165) is 19.0 Å². The Morgan fingerprint density at radius 2 is 0.841 bits per heavy atom. The van der Waals surface area contributed by atoms with Crippen LogP contribution in [-0.4, -0.2) is 186 Å². The van der Waals surface area contributed by atoms with Gasteiger partial charge in [0.05, 0.1) is 38.8 Å². The van der Waals surface area contributed by atoms with Crippen molar-refractivity contribution in [2.45, 2.75) is 73.6 Å². The number of anilines is 3. The summed E-state index contributed by atoms with van der Waals surface area (Å²) < 4.78 is 86.3. The third kappa shape index (κ3) is 9.92. The Bertz CT molecular complexity index is 2980. The van der Waals surface area contributed by atoms with E-state index in [0.29, 0.717) is 0 Å². The van der Waals surface area contributed by atoms with Crippen LogP contribution in [0.2, 0.25) is 0 Å². The van der Waals surface area contributed by atoms with Crippen LogP contribution in [0, 0.1) is 0 Å². The largest absolute Gasteiger partial charge is 0.469 e. The molecule has 3 aliphatic rings. The molecule has 9 rings (SSSR count). The molecule has 0 amide bonds. The van der Waals surface area contributed by atoms with E-state index in [4.69, 9.17) is 49.9 Å². The fourth-order valence-electron chi connectivity index (χ4n) is 7.77. The molecule has 2 unspecified atom stereocenters. The first-order valence-electron chi connectivity index (χ1n) is 20.0. The molecule has 14 atom stereocenters. The summed E-state index contributed by atoms with van der Waals surface area (Å²) >= 11 is 0. The molecule has 14 N–H and O–H groups in total. The lowest BCUT2D eigenvalue weighted by molar-refractivity contribution is -0.0686. The van der Waals surface area contributed by atoms with Crippen molar-refractivity contribution in [3.63, 3.8) is 0 Å². The van der Waals surface area contributed by atoms with Crippen molar-refractivity contribution in [2.75, 3.05) is 49.7 Å². The summed E-state index contributed by atoms with van der Waals surface area (Å²) in [5.41, 5.74) is 18.4. The van der Waals surface area contributed by atoms with E-state index in [9.17, 15) is 53.7 Å². The number of hydrogen-bond donors (Lipinski definition) is 11. The van der Waals surface area contributed by atoms with E-state index in [1.54, 1.807) is 0 Å². The Morgan fingerprint density at radius 1 is 0.493 bits per heavy atom. The molecular weight excluding hydrogens is 991 g/mol. The van der Waals surface area contributed by atoms with E-state index in [2.05, 4.69) is 49.4 Å². The first-order chi connectivity index (χ1) is 32.7. The van der Waals surface area contributed by atoms with Crippen LogP contribution in [-0.2, 0) is 51.0 Å². The summed E-state index contributed by atoms with van der Waals surface area (Å²) in [6.45, 7) is -2.45. The number of rotatable bonds is 18. The molecule has 0 aromatic carbocycles. The van der Waals surface area contributed by atoms with Crippen molar-refractivity contribution in [3.05, 3.63) is 38.0 Å². The third-order valence-corrected chi connectivity index (χ3v) is 13.6. The molecule has 37 heteroatoms. The zero-order chi connectivity index (χ0) is 49.2. The second-order valence-corrected chi connectivity index (χ2v) is 20.4. The Balaban J connectivity index is 0.869. The first-order valence-corrected chi connectivity index (χ1v) is 25.1. The van der Waals surface area contributed by atoms with Gasteiger partial charge in [0.1, 0.15) is 103 Å². The van der Waals surface area contributed by atoms with Gasteiger partial charge >= 0.3 is 23.0 Å². The minimum Gasteiger partial charge on any atom is -0.387 e. The number of phosphoric acid groups is 1. The van der Waals surface area contributed by atoms with E-state index < -0.39 is 129 Å². The lowest BCUT2D eigenvalue weighted by Crippen LogP contribution is -2.37. The van der Waals surface area contributed by atoms with Crippen LogP contribution < -0.4 is 17.2 Å². The fourth-order valence-corrected chi connectivity index (χ4v) is 9.74. The zero-order valence-electron chi connectivity index (χ0n) is 34.9. The van der Waals surface area contributed by atoms with Crippen molar-refractivity contribution in [1.29, 1.82) is 0 Å². The number of ether oxygens (including phenoxy) is 5. The summed E-state index contributed by atoms with van der Waals surface area (Å²) in [5.74, 6) is -0.0131. The van der Waals surface area contributed by atoms with Gasteiger partial charge in [-0.3, -0.25) is 27.4 Å². The smallest absolute Gasteiger partial charge is 0.387 e. The minimum atomic E-state index is -5.05. The molecule has 3 fully saturated rings. The Kier molecular flexibility index (Phi) is 13.5. The topological polar surface area (TPSA) is 496 Å². The molecule has 0 spiro atoms. The van der Waals surface area contributed by atoms with E-state index in [1.165, 1.54) is 32.7 Å². The van der Waals surface area contributed by atoms with Crippen LogP contribution >= 0.6 is 23.0 Å². The number of nitrogen functional groups attached to an aromatic ring is 3. The molecular formula is C32H42N15O19P3. The number of hydrogen-bond acceptors (Lipinski definition) is 27. The summed E-state index contributed by atoms with van der Waals surface area (Å²) in [5, 5.41) is 44.3. The van der Waals surface area contributed by atoms with Gasteiger partial charge in [-0.25, -0.2) is 49.4 Å². The lowest BCUT2D eigenvalue weighted by atomic mass is 10.1. The fraction of sp³-hybridized carbons (Fsp3) is 0.531. The number of nitrogens with two attached hydrogens (primary N) is 3. The van der Waals surface area contributed by atoms with Crippen LogP contribution in [0.3, 0.4) is 0 Å². The molecule has 0 aliphatic carbocycles. The van der Waals surface area contributed by atoms with Gasteiger partial charge in [-0.05, 0) is 0 Å². The number of phosphoric ester groups is 1. The number of imidazole rings is 3. The lowest BCUT2D eigenvalue weighted by Gasteiger charge is -2.24. The minimum absolute atomic E-state index is 0.0249.